The van der Waals surface area contributed by atoms with Gasteiger partial charge in [0.05, 0.1) is 0 Å². The van der Waals surface area contributed by atoms with Crippen LogP contribution in [0.25, 0.3) is 0 Å². The molecule has 0 aliphatic rings. The summed E-state index contributed by atoms with van der Waals surface area (Å²) in [5, 5.41) is 0. The van der Waals surface area contributed by atoms with E-state index in [1.54, 1.807) is 0 Å². The molecule has 0 fully saturated rings. The summed E-state index contributed by atoms with van der Waals surface area (Å²) in [6, 6.07) is 0. The minimum Gasteiger partial charge on any atom is -0.462 e. The molecular formula is C75H124O6. The largest absolute Gasteiger partial charge is 0.462 e. The second-order valence-electron chi connectivity index (χ2n) is 22.0. The first-order valence-electron chi connectivity index (χ1n) is 33.7. The molecule has 0 aromatic carbocycles. The summed E-state index contributed by atoms with van der Waals surface area (Å²) in [4.78, 5) is 38.3. The highest BCUT2D eigenvalue weighted by atomic mass is 16.6. The molecule has 6 nitrogen and oxygen atoms in total. The standard InChI is InChI=1S/C75H124O6/c1-4-7-10-13-16-19-22-25-27-29-31-33-35-36-37-38-40-41-43-45-47-50-53-56-59-62-65-68-74(77)80-71-72(70-79-73(76)67-64-61-58-55-52-49-24-21-18-15-12-9-6-3)81-75(78)69-66-63-60-57-54-51-48-46-44-42-39-34-32-30-28-26-23-20-17-14-11-8-5-2/h8,11,17,20-22,24-26,28-29,31-32,34-36,42,44,48,51,57,60,72H,4-7,9-10,12-16,18-19,23,27,30,33,37-41,43,45-47,49-50,52-56,58-59,61-71H2,1-3H3/b11-8-,20-17-,24-21-,25-22-,28-26-,31-29-,34-32-,36-35-,44-42-,51-48-,60-57-. The van der Waals surface area contributed by atoms with Gasteiger partial charge in [0.25, 0.3) is 0 Å². The molecule has 0 saturated carbocycles. The van der Waals surface area contributed by atoms with Crippen LogP contribution in [-0.4, -0.2) is 37.2 Å². The summed E-state index contributed by atoms with van der Waals surface area (Å²) in [5.74, 6) is -0.975. The van der Waals surface area contributed by atoms with Gasteiger partial charge in [-0.15, -0.1) is 0 Å². The summed E-state index contributed by atoms with van der Waals surface area (Å²) in [6.07, 6.45) is 96.1. The molecule has 0 aromatic heterocycles. The van der Waals surface area contributed by atoms with E-state index < -0.39 is 6.10 Å². The maximum Gasteiger partial charge on any atom is 0.306 e. The van der Waals surface area contributed by atoms with Crippen LogP contribution in [0, 0.1) is 0 Å². The van der Waals surface area contributed by atoms with E-state index in [-0.39, 0.29) is 37.5 Å². The average molecular weight is 1120 g/mol. The average Bonchev–Trinajstić information content (AvgIpc) is 3.46. The molecule has 0 amide bonds. The number of esters is 3. The van der Waals surface area contributed by atoms with Gasteiger partial charge in [0.1, 0.15) is 13.2 Å². The molecule has 81 heavy (non-hydrogen) atoms. The SMILES string of the molecule is CC/C=C\C/C=C\C/C=C\C/C=C\C/C=C\C/C=C\C/C=C\CCCC(=O)OC(COC(=O)CCCCCCC/C=C\CCCCCC)COC(=O)CCCCCCCCCCCCCC/C=C\C/C=C\C/C=C\CCCCCCC. The Morgan fingerprint density at radius 3 is 0.815 bits per heavy atom. The molecule has 0 heterocycles. The third-order valence-electron chi connectivity index (χ3n) is 14.1. The van der Waals surface area contributed by atoms with Crippen molar-refractivity contribution >= 4 is 17.9 Å². The Labute approximate surface area is 500 Å². The fourth-order valence-electron chi connectivity index (χ4n) is 9.08. The molecule has 0 spiro atoms. The van der Waals surface area contributed by atoms with Gasteiger partial charge in [-0.25, -0.2) is 0 Å². The number of ether oxygens (including phenoxy) is 3. The van der Waals surface area contributed by atoms with Gasteiger partial charge >= 0.3 is 17.9 Å². The number of hydrogen-bond donors (Lipinski definition) is 0. The molecule has 1 unspecified atom stereocenters. The Hall–Kier alpha value is -4.45. The zero-order valence-electron chi connectivity index (χ0n) is 52.8. The summed E-state index contributed by atoms with van der Waals surface area (Å²) in [7, 11) is 0. The highest BCUT2D eigenvalue weighted by Crippen LogP contribution is 2.15. The van der Waals surface area contributed by atoms with Gasteiger partial charge in [-0.3, -0.25) is 14.4 Å². The van der Waals surface area contributed by atoms with E-state index in [0.29, 0.717) is 19.3 Å². The van der Waals surface area contributed by atoms with Crippen molar-refractivity contribution in [2.24, 2.45) is 0 Å². The topological polar surface area (TPSA) is 78.9 Å². The van der Waals surface area contributed by atoms with Gasteiger partial charge in [0, 0.05) is 19.3 Å². The Balaban J connectivity index is 4.41. The van der Waals surface area contributed by atoms with Gasteiger partial charge < -0.3 is 14.2 Å². The van der Waals surface area contributed by atoms with Crippen molar-refractivity contribution in [3.63, 3.8) is 0 Å². The van der Waals surface area contributed by atoms with Crippen LogP contribution in [0.5, 0.6) is 0 Å². The van der Waals surface area contributed by atoms with Crippen LogP contribution in [0.3, 0.4) is 0 Å². The number of allylic oxidation sites excluding steroid dienone is 22. The van der Waals surface area contributed by atoms with Crippen LogP contribution in [0.1, 0.15) is 303 Å². The van der Waals surface area contributed by atoms with E-state index in [1.165, 1.54) is 141 Å². The molecule has 0 aliphatic heterocycles. The van der Waals surface area contributed by atoms with Gasteiger partial charge in [-0.1, -0.05) is 283 Å². The predicted octanol–water partition coefficient (Wildman–Crippen LogP) is 23.3. The van der Waals surface area contributed by atoms with E-state index in [4.69, 9.17) is 14.2 Å². The van der Waals surface area contributed by atoms with E-state index in [0.717, 1.165) is 116 Å². The lowest BCUT2D eigenvalue weighted by atomic mass is 10.0. The van der Waals surface area contributed by atoms with Crippen molar-refractivity contribution < 1.29 is 28.6 Å². The minimum atomic E-state index is -0.819. The van der Waals surface area contributed by atoms with Gasteiger partial charge in [-0.2, -0.15) is 0 Å². The molecule has 1 atom stereocenters. The number of rotatable bonds is 60. The maximum absolute atomic E-state index is 12.9. The zero-order chi connectivity index (χ0) is 58.5. The van der Waals surface area contributed by atoms with Crippen LogP contribution in [0.15, 0.2) is 134 Å². The highest BCUT2D eigenvalue weighted by Gasteiger charge is 2.19. The van der Waals surface area contributed by atoms with Crippen molar-refractivity contribution in [2.45, 2.75) is 309 Å². The summed E-state index contributed by atoms with van der Waals surface area (Å²) < 4.78 is 16.9. The van der Waals surface area contributed by atoms with Gasteiger partial charge in [0.2, 0.25) is 0 Å². The minimum absolute atomic E-state index is 0.108. The van der Waals surface area contributed by atoms with Crippen molar-refractivity contribution in [3.05, 3.63) is 134 Å². The molecule has 0 aliphatic carbocycles. The monoisotopic (exact) mass is 1120 g/mol. The lowest BCUT2D eigenvalue weighted by Gasteiger charge is -2.18. The van der Waals surface area contributed by atoms with E-state index >= 15 is 0 Å². The summed E-state index contributed by atoms with van der Waals surface area (Å²) in [6.45, 7) is 6.46. The predicted molar refractivity (Wildman–Crippen MR) is 353 cm³/mol. The molecule has 0 saturated heterocycles. The molecule has 6 heteroatoms. The number of unbranched alkanes of at least 4 members (excludes halogenated alkanes) is 27. The fourth-order valence-corrected chi connectivity index (χ4v) is 9.08. The first-order chi connectivity index (χ1) is 40.0. The van der Waals surface area contributed by atoms with Gasteiger partial charge in [-0.05, 0) is 135 Å². The smallest absolute Gasteiger partial charge is 0.306 e. The molecule has 0 rings (SSSR count). The van der Waals surface area contributed by atoms with Crippen molar-refractivity contribution in [3.8, 4) is 0 Å². The first-order valence-corrected chi connectivity index (χ1v) is 33.7. The fraction of sp³-hybridized carbons (Fsp3) is 0.667. The molecule has 0 radical (unpaired) electrons. The number of carbonyl (C=O) groups excluding carboxylic acids is 3. The van der Waals surface area contributed by atoms with E-state index in [1.807, 2.05) is 0 Å². The maximum atomic E-state index is 12.9. The van der Waals surface area contributed by atoms with Crippen LogP contribution in [0.4, 0.5) is 0 Å². The molecule has 0 N–H and O–H groups in total. The third kappa shape index (κ3) is 66.2. The quantitative estimate of drug-likeness (QED) is 0.0261. The Morgan fingerprint density at radius 1 is 0.259 bits per heavy atom. The second kappa shape index (κ2) is 68.1. The van der Waals surface area contributed by atoms with Gasteiger partial charge in [0.15, 0.2) is 6.10 Å². The van der Waals surface area contributed by atoms with E-state index in [9.17, 15) is 14.4 Å². The Bertz CT molecular complexity index is 1720. The van der Waals surface area contributed by atoms with Crippen LogP contribution in [-0.2, 0) is 28.6 Å². The zero-order valence-corrected chi connectivity index (χ0v) is 52.8. The summed E-state index contributed by atoms with van der Waals surface area (Å²) >= 11 is 0. The summed E-state index contributed by atoms with van der Waals surface area (Å²) in [5.41, 5.74) is 0. The second-order valence-corrected chi connectivity index (χ2v) is 22.0. The number of carbonyl (C=O) groups is 3. The highest BCUT2D eigenvalue weighted by molar-refractivity contribution is 5.71. The molecule has 460 valence electrons. The van der Waals surface area contributed by atoms with Crippen molar-refractivity contribution in [1.82, 2.24) is 0 Å². The molecule has 0 aromatic rings. The lowest BCUT2D eigenvalue weighted by Crippen LogP contribution is -2.30. The van der Waals surface area contributed by atoms with Crippen molar-refractivity contribution in [1.29, 1.82) is 0 Å². The normalized spacial score (nSPS) is 13.0. The molecular weight excluding hydrogens is 997 g/mol. The third-order valence-corrected chi connectivity index (χ3v) is 14.1. The van der Waals surface area contributed by atoms with Crippen LogP contribution >= 0.6 is 0 Å². The Morgan fingerprint density at radius 2 is 0.494 bits per heavy atom. The lowest BCUT2D eigenvalue weighted by molar-refractivity contribution is -0.167. The first kappa shape index (κ1) is 76.5. The van der Waals surface area contributed by atoms with Crippen molar-refractivity contribution in [2.75, 3.05) is 13.2 Å². The number of hydrogen-bond acceptors (Lipinski definition) is 6. The Kier molecular flexibility index (Phi) is 64.3. The van der Waals surface area contributed by atoms with Crippen LogP contribution < -0.4 is 0 Å². The molecule has 0 bridgehead atoms. The van der Waals surface area contributed by atoms with Crippen LogP contribution in [0.2, 0.25) is 0 Å². The van der Waals surface area contributed by atoms with E-state index in [2.05, 4.69) is 154 Å².